The molecule has 0 spiro atoms. The van der Waals surface area contributed by atoms with Crippen molar-refractivity contribution in [1.29, 1.82) is 0 Å². The molecule has 6 nitrogen and oxygen atoms in total. The Balaban J connectivity index is 4.22. The first-order valence-electron chi connectivity index (χ1n) is 24.7. The quantitative estimate of drug-likeness (QED) is 0.0347. The second kappa shape index (κ2) is 43.0. The van der Waals surface area contributed by atoms with Crippen LogP contribution < -0.4 is 0 Å². The van der Waals surface area contributed by atoms with Gasteiger partial charge in [-0.25, -0.2) is 0 Å². The molecule has 0 aromatic heterocycles. The van der Waals surface area contributed by atoms with Gasteiger partial charge in [-0.15, -0.1) is 0 Å². The molecule has 0 aliphatic rings. The zero-order valence-electron chi connectivity index (χ0n) is 38.3. The lowest BCUT2D eigenvalue weighted by Gasteiger charge is -2.18. The minimum absolute atomic E-state index is 0.0648. The minimum Gasteiger partial charge on any atom is -0.462 e. The van der Waals surface area contributed by atoms with Gasteiger partial charge in [-0.2, -0.15) is 0 Å². The SMILES string of the molecule is CCCCCCCCCCCC(=O)OC[C@@H](COC(=O)CCCCCCCCCC(C)C)OC(=O)CCCCCCCCCCCCCCCCCCC(C)C. The molecule has 0 heterocycles. The van der Waals surface area contributed by atoms with Crippen LogP contribution in [0.4, 0.5) is 0 Å². The van der Waals surface area contributed by atoms with E-state index in [-0.39, 0.29) is 31.1 Å². The summed E-state index contributed by atoms with van der Waals surface area (Å²) in [5.74, 6) is 0.777. The van der Waals surface area contributed by atoms with Gasteiger partial charge < -0.3 is 14.2 Å². The molecule has 56 heavy (non-hydrogen) atoms. The van der Waals surface area contributed by atoms with Crippen LogP contribution in [0, 0.1) is 11.8 Å². The van der Waals surface area contributed by atoms with Crippen LogP contribution in [0.1, 0.15) is 272 Å². The van der Waals surface area contributed by atoms with Gasteiger partial charge in [0.15, 0.2) is 6.10 Å². The van der Waals surface area contributed by atoms with Gasteiger partial charge in [0.25, 0.3) is 0 Å². The third-order valence-electron chi connectivity index (χ3n) is 11.2. The van der Waals surface area contributed by atoms with Crippen molar-refractivity contribution in [2.24, 2.45) is 11.8 Å². The fraction of sp³-hybridized carbons (Fsp3) is 0.940. The van der Waals surface area contributed by atoms with E-state index in [0.717, 1.165) is 69.6 Å². The summed E-state index contributed by atoms with van der Waals surface area (Å²) in [7, 11) is 0. The summed E-state index contributed by atoms with van der Waals surface area (Å²) < 4.78 is 16.7. The van der Waals surface area contributed by atoms with E-state index in [1.807, 2.05) is 0 Å². The van der Waals surface area contributed by atoms with Crippen molar-refractivity contribution in [2.45, 2.75) is 278 Å². The predicted octanol–water partition coefficient (Wildman–Crippen LogP) is 15.8. The van der Waals surface area contributed by atoms with Crippen molar-refractivity contribution >= 4 is 17.9 Å². The third-order valence-corrected chi connectivity index (χ3v) is 11.2. The van der Waals surface area contributed by atoms with Crippen LogP contribution in [0.25, 0.3) is 0 Å². The Morgan fingerprint density at radius 1 is 0.339 bits per heavy atom. The fourth-order valence-electron chi connectivity index (χ4n) is 7.46. The number of ether oxygens (including phenoxy) is 3. The average molecular weight is 793 g/mol. The zero-order chi connectivity index (χ0) is 41.2. The Morgan fingerprint density at radius 3 is 0.875 bits per heavy atom. The number of carbonyl (C=O) groups excluding carboxylic acids is 3. The molecular formula is C50H96O6. The molecule has 0 aliphatic heterocycles. The van der Waals surface area contributed by atoms with Crippen LogP contribution in [0.2, 0.25) is 0 Å². The molecule has 0 radical (unpaired) electrons. The second-order valence-corrected chi connectivity index (χ2v) is 18.1. The Bertz CT molecular complexity index is 854. The molecule has 0 N–H and O–H groups in total. The highest BCUT2D eigenvalue weighted by molar-refractivity contribution is 5.71. The fourth-order valence-corrected chi connectivity index (χ4v) is 7.46. The monoisotopic (exact) mass is 793 g/mol. The van der Waals surface area contributed by atoms with Crippen molar-refractivity contribution in [2.75, 3.05) is 13.2 Å². The maximum Gasteiger partial charge on any atom is 0.306 e. The van der Waals surface area contributed by atoms with Crippen LogP contribution in [-0.4, -0.2) is 37.2 Å². The van der Waals surface area contributed by atoms with Gasteiger partial charge in [0.1, 0.15) is 13.2 Å². The largest absolute Gasteiger partial charge is 0.462 e. The molecule has 0 bridgehead atoms. The Morgan fingerprint density at radius 2 is 0.589 bits per heavy atom. The van der Waals surface area contributed by atoms with Crippen molar-refractivity contribution < 1.29 is 28.6 Å². The summed E-state index contributed by atoms with van der Waals surface area (Å²) in [6.07, 6.45) is 42.5. The number of carbonyl (C=O) groups is 3. The van der Waals surface area contributed by atoms with E-state index >= 15 is 0 Å². The van der Waals surface area contributed by atoms with Gasteiger partial charge in [0.05, 0.1) is 0 Å². The first kappa shape index (κ1) is 54.4. The molecule has 0 rings (SSSR count). The smallest absolute Gasteiger partial charge is 0.306 e. The molecule has 0 aliphatic carbocycles. The van der Waals surface area contributed by atoms with E-state index in [1.165, 1.54) is 161 Å². The number of esters is 3. The first-order valence-corrected chi connectivity index (χ1v) is 24.7. The molecule has 6 heteroatoms. The summed E-state index contributed by atoms with van der Waals surface area (Å²) in [6.45, 7) is 11.3. The summed E-state index contributed by atoms with van der Waals surface area (Å²) in [6, 6.07) is 0. The highest BCUT2D eigenvalue weighted by Gasteiger charge is 2.19. The van der Waals surface area contributed by atoms with Crippen LogP contribution >= 0.6 is 0 Å². The lowest BCUT2D eigenvalue weighted by molar-refractivity contribution is -0.167. The van der Waals surface area contributed by atoms with Gasteiger partial charge in [0.2, 0.25) is 0 Å². The molecule has 0 aromatic carbocycles. The van der Waals surface area contributed by atoms with E-state index in [4.69, 9.17) is 14.2 Å². The van der Waals surface area contributed by atoms with E-state index in [2.05, 4.69) is 34.6 Å². The van der Waals surface area contributed by atoms with E-state index in [0.29, 0.717) is 19.3 Å². The molecule has 0 unspecified atom stereocenters. The second-order valence-electron chi connectivity index (χ2n) is 18.1. The highest BCUT2D eigenvalue weighted by atomic mass is 16.6. The molecule has 0 saturated carbocycles. The van der Waals surface area contributed by atoms with Crippen molar-refractivity contribution in [1.82, 2.24) is 0 Å². The van der Waals surface area contributed by atoms with Crippen molar-refractivity contribution in [3.05, 3.63) is 0 Å². The van der Waals surface area contributed by atoms with Crippen molar-refractivity contribution in [3.63, 3.8) is 0 Å². The lowest BCUT2D eigenvalue weighted by atomic mass is 10.0. The number of rotatable bonds is 44. The average Bonchev–Trinajstić information content (AvgIpc) is 3.16. The predicted molar refractivity (Wildman–Crippen MR) is 238 cm³/mol. The maximum atomic E-state index is 12.7. The topological polar surface area (TPSA) is 78.9 Å². The minimum atomic E-state index is -0.760. The standard InChI is InChI=1S/C50H96O6/c1-6-7-8-9-10-19-25-30-35-40-48(51)54-43-47(44-55-49(52)41-36-31-27-22-24-29-34-39-46(4)5)56-50(53)42-37-32-26-21-18-16-14-12-11-13-15-17-20-23-28-33-38-45(2)3/h45-47H,6-44H2,1-5H3/t47-/m0/s1. The molecule has 332 valence electrons. The molecular weight excluding hydrogens is 697 g/mol. The summed E-state index contributed by atoms with van der Waals surface area (Å²) >= 11 is 0. The normalized spacial score (nSPS) is 12.1. The number of hydrogen-bond donors (Lipinski definition) is 0. The number of unbranched alkanes of at least 4 members (excludes halogenated alkanes) is 29. The zero-order valence-corrected chi connectivity index (χ0v) is 38.3. The molecule has 0 saturated heterocycles. The molecule has 0 aromatic rings. The molecule has 0 amide bonds. The van der Waals surface area contributed by atoms with E-state index in [1.54, 1.807) is 0 Å². The van der Waals surface area contributed by atoms with E-state index in [9.17, 15) is 14.4 Å². The number of hydrogen-bond acceptors (Lipinski definition) is 6. The van der Waals surface area contributed by atoms with Crippen molar-refractivity contribution in [3.8, 4) is 0 Å². The van der Waals surface area contributed by atoms with Crippen LogP contribution in [0.5, 0.6) is 0 Å². The Hall–Kier alpha value is -1.59. The Kier molecular flexibility index (Phi) is 41.8. The highest BCUT2D eigenvalue weighted by Crippen LogP contribution is 2.17. The van der Waals surface area contributed by atoms with E-state index < -0.39 is 6.10 Å². The van der Waals surface area contributed by atoms with Gasteiger partial charge in [-0.1, -0.05) is 234 Å². The summed E-state index contributed by atoms with van der Waals surface area (Å²) in [5, 5.41) is 0. The lowest BCUT2D eigenvalue weighted by Crippen LogP contribution is -2.30. The van der Waals surface area contributed by atoms with Gasteiger partial charge in [0, 0.05) is 19.3 Å². The summed E-state index contributed by atoms with van der Waals surface area (Å²) in [5.41, 5.74) is 0. The summed E-state index contributed by atoms with van der Waals surface area (Å²) in [4.78, 5) is 37.7. The third kappa shape index (κ3) is 43.5. The van der Waals surface area contributed by atoms with Crippen LogP contribution in [0.15, 0.2) is 0 Å². The first-order chi connectivity index (χ1) is 27.2. The molecule has 0 fully saturated rings. The van der Waals surface area contributed by atoms with Gasteiger partial charge in [-0.05, 0) is 31.1 Å². The van der Waals surface area contributed by atoms with Gasteiger partial charge >= 0.3 is 17.9 Å². The van der Waals surface area contributed by atoms with Crippen LogP contribution in [0.3, 0.4) is 0 Å². The van der Waals surface area contributed by atoms with Crippen LogP contribution in [-0.2, 0) is 28.6 Å². The Labute approximate surface area is 348 Å². The molecule has 1 atom stereocenters. The van der Waals surface area contributed by atoms with Gasteiger partial charge in [-0.3, -0.25) is 14.4 Å². The maximum absolute atomic E-state index is 12.7.